The molecule has 5 nitrogen and oxygen atoms in total. The molecule has 12 heavy (non-hydrogen) atoms. The zero-order chi connectivity index (χ0) is 9.57. The molecule has 0 aliphatic carbocycles. The first-order valence-electron chi connectivity index (χ1n) is 3.04. The van der Waals surface area contributed by atoms with Gasteiger partial charge in [-0.3, -0.25) is 0 Å². The van der Waals surface area contributed by atoms with Crippen LogP contribution in [-0.2, 0) is 18.9 Å². The summed E-state index contributed by atoms with van der Waals surface area (Å²) < 4.78 is 43.0. The Morgan fingerprint density at radius 2 is 1.83 bits per heavy atom. The average Bonchev–Trinajstić information content (AvgIpc) is 2.03. The topological polar surface area (TPSA) is 88.5 Å². The molecule has 1 fully saturated rings. The quantitative estimate of drug-likeness (QED) is 0.571. The second-order valence-electron chi connectivity index (χ2n) is 2.66. The van der Waals surface area contributed by atoms with Crippen molar-refractivity contribution in [3.63, 3.8) is 0 Å². The van der Waals surface area contributed by atoms with Crippen molar-refractivity contribution in [2.75, 3.05) is 11.5 Å². The fraction of sp³-hybridized carbons (Fsp3) is 1.00. The third kappa shape index (κ3) is 2.09. The lowest BCUT2D eigenvalue weighted by Crippen LogP contribution is -2.29. The van der Waals surface area contributed by atoms with Crippen LogP contribution in [0.1, 0.15) is 0 Å². The molecule has 1 aliphatic heterocycles. The first-order chi connectivity index (χ1) is 5.22. The summed E-state index contributed by atoms with van der Waals surface area (Å²) in [6, 6.07) is 0. The van der Waals surface area contributed by atoms with Crippen molar-refractivity contribution >= 4 is 29.6 Å². The number of rotatable bonds is 1. The van der Waals surface area contributed by atoms with Crippen LogP contribution in [0.2, 0.25) is 0 Å². The first kappa shape index (κ1) is 10.2. The molecule has 0 bridgehead atoms. The summed E-state index contributed by atoms with van der Waals surface area (Å²) in [4.78, 5) is 0. The van der Waals surface area contributed by atoms with Gasteiger partial charge in [0.15, 0.2) is 9.84 Å². The van der Waals surface area contributed by atoms with Crippen LogP contribution in [0.25, 0.3) is 0 Å². The van der Waals surface area contributed by atoms with Crippen molar-refractivity contribution in [2.24, 2.45) is 0 Å². The van der Waals surface area contributed by atoms with E-state index in [0.717, 1.165) is 0 Å². The molecule has 2 atom stereocenters. The van der Waals surface area contributed by atoms with Crippen LogP contribution in [0.15, 0.2) is 0 Å². The molecule has 1 N–H and O–H groups in total. The van der Waals surface area contributed by atoms with Crippen LogP contribution in [0.4, 0.5) is 0 Å². The Labute approximate surface area is 74.7 Å². The van der Waals surface area contributed by atoms with E-state index in [1.165, 1.54) is 0 Å². The van der Waals surface area contributed by atoms with Gasteiger partial charge in [-0.25, -0.2) is 16.8 Å². The van der Waals surface area contributed by atoms with Crippen molar-refractivity contribution < 1.29 is 21.9 Å². The highest BCUT2D eigenvalue weighted by molar-refractivity contribution is 8.15. The molecule has 0 spiro atoms. The molecule has 2 unspecified atom stereocenters. The van der Waals surface area contributed by atoms with Crippen molar-refractivity contribution in [3.05, 3.63) is 0 Å². The maximum absolute atomic E-state index is 10.8. The molecule has 1 saturated heterocycles. The van der Waals surface area contributed by atoms with E-state index in [2.05, 4.69) is 0 Å². The maximum atomic E-state index is 10.8. The second kappa shape index (κ2) is 2.83. The molecule has 0 radical (unpaired) electrons. The Morgan fingerprint density at radius 3 is 2.00 bits per heavy atom. The molecule has 8 heteroatoms. The number of aliphatic hydroxyl groups is 1. The van der Waals surface area contributed by atoms with Gasteiger partial charge < -0.3 is 5.11 Å². The van der Waals surface area contributed by atoms with Gasteiger partial charge in [0.05, 0.1) is 17.6 Å². The molecule has 0 aromatic rings. The number of halogens is 1. The van der Waals surface area contributed by atoms with E-state index in [9.17, 15) is 16.8 Å². The van der Waals surface area contributed by atoms with Gasteiger partial charge in [0.25, 0.3) is 0 Å². The first-order valence-corrected chi connectivity index (χ1v) is 7.24. The van der Waals surface area contributed by atoms with Gasteiger partial charge in [-0.2, -0.15) is 0 Å². The number of hydrogen-bond donors (Lipinski definition) is 1. The van der Waals surface area contributed by atoms with E-state index < -0.39 is 41.7 Å². The van der Waals surface area contributed by atoms with Gasteiger partial charge >= 0.3 is 0 Å². The SMILES string of the molecule is O=S1(=O)CC(O)C(S(=O)(=O)Cl)C1. The third-order valence-corrected chi connectivity index (χ3v) is 5.45. The van der Waals surface area contributed by atoms with Crippen LogP contribution in [0, 0.1) is 0 Å². The Bertz CT molecular complexity index is 368. The highest BCUT2D eigenvalue weighted by Gasteiger charge is 2.43. The Balaban J connectivity index is 3.01. The van der Waals surface area contributed by atoms with Crippen molar-refractivity contribution in [1.82, 2.24) is 0 Å². The molecule has 0 amide bonds. The van der Waals surface area contributed by atoms with E-state index in [-0.39, 0.29) is 0 Å². The predicted molar refractivity (Wildman–Crippen MR) is 43.2 cm³/mol. The lowest BCUT2D eigenvalue weighted by Gasteiger charge is -2.06. The van der Waals surface area contributed by atoms with E-state index in [1.807, 2.05) is 0 Å². The van der Waals surface area contributed by atoms with Gasteiger partial charge in [-0.1, -0.05) is 0 Å². The summed E-state index contributed by atoms with van der Waals surface area (Å²) in [6.45, 7) is 0. The number of hydrogen-bond acceptors (Lipinski definition) is 5. The molecule has 1 heterocycles. The number of sulfone groups is 1. The smallest absolute Gasteiger partial charge is 0.239 e. The minimum Gasteiger partial charge on any atom is -0.391 e. The standard InChI is InChI=1S/C4H7ClO5S2/c5-12(9,10)4-2-11(7,8)1-3(4)6/h3-4,6H,1-2H2. The van der Waals surface area contributed by atoms with E-state index in [1.54, 1.807) is 0 Å². The van der Waals surface area contributed by atoms with Crippen LogP contribution in [0.3, 0.4) is 0 Å². The summed E-state index contributed by atoms with van der Waals surface area (Å²) in [5.41, 5.74) is 0. The average molecular weight is 235 g/mol. The summed E-state index contributed by atoms with van der Waals surface area (Å²) in [7, 11) is -2.51. The lowest BCUT2D eigenvalue weighted by atomic mass is 10.3. The maximum Gasteiger partial charge on any atom is 0.239 e. The molecule has 1 rings (SSSR count). The summed E-state index contributed by atoms with van der Waals surface area (Å²) in [6.07, 6.45) is -1.39. The minimum atomic E-state index is -3.98. The highest BCUT2D eigenvalue weighted by atomic mass is 35.7. The summed E-state index contributed by atoms with van der Waals surface area (Å²) in [5.74, 6) is -1.11. The third-order valence-electron chi connectivity index (χ3n) is 1.63. The van der Waals surface area contributed by atoms with E-state index >= 15 is 0 Å². The van der Waals surface area contributed by atoms with Crippen LogP contribution < -0.4 is 0 Å². The highest BCUT2D eigenvalue weighted by Crippen LogP contribution is 2.22. The molecule has 0 aromatic carbocycles. The van der Waals surface area contributed by atoms with Gasteiger partial charge in [0.1, 0.15) is 5.25 Å². The van der Waals surface area contributed by atoms with Gasteiger partial charge in [-0.15, -0.1) is 0 Å². The Hall–Kier alpha value is 0.150. The largest absolute Gasteiger partial charge is 0.391 e. The van der Waals surface area contributed by atoms with E-state index in [0.29, 0.717) is 0 Å². The van der Waals surface area contributed by atoms with Crippen molar-refractivity contribution in [1.29, 1.82) is 0 Å². The second-order valence-corrected chi connectivity index (χ2v) is 7.66. The molecule has 0 aromatic heterocycles. The lowest BCUT2D eigenvalue weighted by molar-refractivity contribution is 0.205. The number of aliphatic hydroxyl groups excluding tert-OH is 1. The van der Waals surface area contributed by atoms with Crippen LogP contribution in [-0.4, -0.2) is 44.8 Å². The molecular formula is C4H7ClO5S2. The fourth-order valence-corrected chi connectivity index (χ4v) is 5.36. The van der Waals surface area contributed by atoms with Crippen LogP contribution >= 0.6 is 10.7 Å². The molecule has 1 aliphatic rings. The van der Waals surface area contributed by atoms with Gasteiger partial charge in [-0.05, 0) is 0 Å². The van der Waals surface area contributed by atoms with Crippen molar-refractivity contribution in [2.45, 2.75) is 11.4 Å². The van der Waals surface area contributed by atoms with Crippen molar-refractivity contribution in [3.8, 4) is 0 Å². The monoisotopic (exact) mass is 234 g/mol. The normalized spacial score (nSPS) is 35.2. The molecule has 0 saturated carbocycles. The Kier molecular flexibility index (Phi) is 2.41. The summed E-state index contributed by atoms with van der Waals surface area (Å²) >= 11 is 0. The Morgan fingerprint density at radius 1 is 1.33 bits per heavy atom. The van der Waals surface area contributed by atoms with Crippen LogP contribution in [0.5, 0.6) is 0 Å². The van der Waals surface area contributed by atoms with Gasteiger partial charge in [0, 0.05) is 10.7 Å². The minimum absolute atomic E-state index is 0.524. The summed E-state index contributed by atoms with van der Waals surface area (Å²) in [5, 5.41) is 7.65. The van der Waals surface area contributed by atoms with E-state index in [4.69, 9.17) is 15.8 Å². The predicted octanol–water partition coefficient (Wildman–Crippen LogP) is -1.29. The fourth-order valence-electron chi connectivity index (χ4n) is 1.07. The van der Waals surface area contributed by atoms with Gasteiger partial charge in [0.2, 0.25) is 9.05 Å². The molecular weight excluding hydrogens is 228 g/mol. The molecule has 72 valence electrons. The zero-order valence-electron chi connectivity index (χ0n) is 5.84. The zero-order valence-corrected chi connectivity index (χ0v) is 8.23.